The van der Waals surface area contributed by atoms with Crippen molar-refractivity contribution in [3.05, 3.63) is 161 Å². The van der Waals surface area contributed by atoms with Crippen LogP contribution in [-0.4, -0.2) is 85.5 Å². The first kappa shape index (κ1) is 42.2. The minimum atomic E-state index is -4.31. The van der Waals surface area contributed by atoms with Gasteiger partial charge in [-0.05, 0) is 47.4 Å². The molecule has 6 bridgehead atoms. The number of carbonyl (C=O) groups is 2. The van der Waals surface area contributed by atoms with E-state index in [0.29, 0.717) is 41.5 Å². The molecule has 6 heterocycles. The van der Waals surface area contributed by atoms with Crippen LogP contribution in [0.1, 0.15) is 59.5 Å². The third-order valence-corrected chi connectivity index (χ3v) is 12.0. The topological polar surface area (TPSA) is 134 Å². The second-order valence-electron chi connectivity index (χ2n) is 16.3. The Kier molecular flexibility index (Phi) is 12.8. The van der Waals surface area contributed by atoms with Gasteiger partial charge in [-0.1, -0.05) is 96.2 Å². The summed E-state index contributed by atoms with van der Waals surface area (Å²) in [5, 5.41) is 14.6. The van der Waals surface area contributed by atoms with E-state index in [1.54, 1.807) is 41.2 Å². The van der Waals surface area contributed by atoms with Gasteiger partial charge in [-0.3, -0.25) is 14.3 Å². The Morgan fingerprint density at radius 3 is 1.98 bits per heavy atom. The van der Waals surface area contributed by atoms with Gasteiger partial charge in [-0.2, -0.15) is 0 Å². The van der Waals surface area contributed by atoms with E-state index >= 15 is 8.63 Å². The molecule has 0 unspecified atom stereocenters. The van der Waals surface area contributed by atoms with Crippen LogP contribution in [0.4, 0.5) is 8.63 Å². The van der Waals surface area contributed by atoms with Crippen molar-refractivity contribution < 1.29 is 41.7 Å². The number of aromatic nitrogens is 4. The summed E-state index contributed by atoms with van der Waals surface area (Å²) in [6.45, 7) is -2.94. The number of allylic oxidation sites excluding steroid dienone is 2. The molecular formula is C47H50BF2N7O6. The number of rotatable bonds is 9. The highest BCUT2D eigenvalue weighted by atomic mass is 19.2. The molecule has 5 atom stereocenters. The van der Waals surface area contributed by atoms with Gasteiger partial charge in [0.25, 0.3) is 0 Å². The van der Waals surface area contributed by atoms with Crippen LogP contribution in [0.25, 0.3) is 6.08 Å². The fraction of sp³-hybridized carbons (Fsp3) is 0.340. The van der Waals surface area contributed by atoms with Crippen LogP contribution in [0.3, 0.4) is 0 Å². The zero-order valence-corrected chi connectivity index (χ0v) is 34.8. The molecule has 16 heteroatoms. The number of halogens is 2. The van der Waals surface area contributed by atoms with Gasteiger partial charge in [0.15, 0.2) is 5.70 Å². The number of fused-ring (bicyclic) bond motifs is 4. The molecule has 2 amide bonds. The average Bonchev–Trinajstić information content (AvgIpc) is 4.06. The smallest absolute Gasteiger partial charge is 0.394 e. The van der Waals surface area contributed by atoms with Crippen molar-refractivity contribution in [2.45, 2.75) is 95.5 Å². The molecule has 13 nitrogen and oxygen atoms in total. The summed E-state index contributed by atoms with van der Waals surface area (Å²) < 4.78 is 64.3. The van der Waals surface area contributed by atoms with Gasteiger partial charge in [0, 0.05) is 56.3 Å². The second-order valence-corrected chi connectivity index (χ2v) is 16.3. The van der Waals surface area contributed by atoms with E-state index < -0.39 is 37.5 Å². The molecule has 63 heavy (non-hydrogen) atoms. The van der Waals surface area contributed by atoms with Gasteiger partial charge in [0.1, 0.15) is 35.8 Å². The molecule has 0 saturated carbocycles. The van der Waals surface area contributed by atoms with Crippen molar-refractivity contribution in [2.75, 3.05) is 6.54 Å². The summed E-state index contributed by atoms with van der Waals surface area (Å²) in [5.41, 5.74) is 4.83. The number of amides is 2. The Bertz CT molecular complexity index is 2480. The Morgan fingerprint density at radius 1 is 0.714 bits per heavy atom. The summed E-state index contributed by atoms with van der Waals surface area (Å²) >= 11 is 0. The van der Waals surface area contributed by atoms with E-state index in [2.05, 4.69) is 20.9 Å². The van der Waals surface area contributed by atoms with Crippen LogP contribution in [0.5, 0.6) is 0 Å². The summed E-state index contributed by atoms with van der Waals surface area (Å²) in [6, 6.07) is 32.8. The first-order valence-corrected chi connectivity index (χ1v) is 21.6. The molecule has 326 valence electrons. The predicted molar refractivity (Wildman–Crippen MR) is 231 cm³/mol. The number of hydrogen-bond donors (Lipinski definition) is 2. The van der Waals surface area contributed by atoms with Crippen molar-refractivity contribution in [3.8, 4) is 0 Å². The van der Waals surface area contributed by atoms with E-state index in [1.807, 2.05) is 91.0 Å². The highest BCUT2D eigenvalue weighted by Gasteiger charge is 2.52. The van der Waals surface area contributed by atoms with E-state index in [9.17, 15) is 9.59 Å². The quantitative estimate of drug-likeness (QED) is 0.179. The summed E-state index contributed by atoms with van der Waals surface area (Å²) in [6.07, 6.45) is 4.11. The largest absolute Gasteiger partial charge is 0.737 e. The van der Waals surface area contributed by atoms with Crippen LogP contribution in [0.15, 0.2) is 127 Å². The molecule has 2 N–H and O–H groups in total. The van der Waals surface area contributed by atoms with Crippen LogP contribution in [0.2, 0.25) is 0 Å². The lowest BCUT2D eigenvalue weighted by atomic mass is 9.90. The summed E-state index contributed by atoms with van der Waals surface area (Å²) in [7, 11) is 0. The molecule has 1 fully saturated rings. The molecule has 3 aromatic carbocycles. The van der Waals surface area contributed by atoms with Gasteiger partial charge in [-0.25, -0.2) is 0 Å². The van der Waals surface area contributed by atoms with Crippen molar-refractivity contribution in [3.63, 3.8) is 0 Å². The monoisotopic (exact) mass is 857 g/mol. The van der Waals surface area contributed by atoms with Gasteiger partial charge < -0.3 is 47.2 Å². The van der Waals surface area contributed by atoms with Crippen LogP contribution < -0.4 is 10.6 Å². The normalized spacial score (nSPS) is 23.8. The minimum absolute atomic E-state index is 0.00341. The average molecular weight is 858 g/mol. The number of benzene rings is 3. The molecule has 0 radical (unpaired) electrons. The van der Waals surface area contributed by atoms with E-state index in [-0.39, 0.29) is 70.4 Å². The number of ether oxygens (including phenoxy) is 4. The standard InChI is InChI=1S/C47H50BF2N7O6/c49-48(50)56-37-16-18-39(56)26-40-19-17-38(57(40)48)21-23-44(59)52-28-42-46(61-31-34-12-6-2-7-13-34)47(62-32-35-14-8-3-9-15-35)45(60-30-33-10-4-1-5-11-33)41(63-42)24-25-55-29-36(53-54-55)27-51-43(58)22-20-37/h1-19,26,29,41-42,45-47H,20-25,27-28,30-32H2,(H,51,58)(H,52,59)/t41-,42-,45+,46-,47-/m1/s1. The van der Waals surface area contributed by atoms with Crippen molar-refractivity contribution >= 4 is 30.6 Å². The Labute approximate surface area is 364 Å². The van der Waals surface area contributed by atoms with Gasteiger partial charge in [-0.15, -0.1) is 5.10 Å². The van der Waals surface area contributed by atoms with Crippen molar-refractivity contribution in [1.29, 1.82) is 0 Å². The molecule has 0 aliphatic carbocycles. The van der Waals surface area contributed by atoms with Crippen molar-refractivity contribution in [1.82, 2.24) is 30.1 Å². The highest BCUT2D eigenvalue weighted by molar-refractivity contribution is 6.58. The second kappa shape index (κ2) is 19.1. The maximum Gasteiger partial charge on any atom is 0.737 e. The number of carbonyl (C=O) groups excluding carboxylic acids is 2. The van der Waals surface area contributed by atoms with Crippen LogP contribution in [-0.2, 0) is 67.9 Å². The van der Waals surface area contributed by atoms with Gasteiger partial charge >= 0.3 is 6.97 Å². The minimum Gasteiger partial charge on any atom is -0.394 e. The zero-order chi connectivity index (χ0) is 43.2. The maximum atomic E-state index is 16.6. The molecule has 4 aliphatic rings. The fourth-order valence-corrected chi connectivity index (χ4v) is 8.82. The number of nitrogens with one attached hydrogen (secondary N) is 2. The lowest BCUT2D eigenvalue weighted by Crippen LogP contribution is -2.62. The third kappa shape index (κ3) is 9.79. The molecule has 5 aromatic rings. The SMILES string of the molecule is O=C1CCc2ccc3n2[B-](F)(F)[N+]2=C(C=CC2=C3)CCC(=O)NC[C@H]2O[C@H](CCn3cc(nn3)CN1)[C@H](OCc1ccccc1)[C@@H](OCc1ccccc1)[C@@H]2OCc1ccccc1. The summed E-state index contributed by atoms with van der Waals surface area (Å²) in [5.74, 6) is -0.623. The first-order chi connectivity index (χ1) is 30.8. The summed E-state index contributed by atoms with van der Waals surface area (Å²) in [4.78, 5) is 26.8. The van der Waals surface area contributed by atoms with E-state index in [1.165, 1.54) is 0 Å². The molecule has 2 aromatic heterocycles. The molecule has 9 rings (SSSR count). The Hall–Kier alpha value is -6.07. The van der Waals surface area contributed by atoms with Crippen molar-refractivity contribution in [2.24, 2.45) is 0 Å². The molecular weight excluding hydrogens is 807 g/mol. The predicted octanol–water partition coefficient (Wildman–Crippen LogP) is 5.75. The highest BCUT2D eigenvalue weighted by Crippen LogP contribution is 2.35. The number of hydrogen-bond acceptors (Lipinski definition) is 8. The molecule has 1 saturated heterocycles. The number of nitrogens with zero attached hydrogens (tertiary/aromatic N) is 5. The third-order valence-electron chi connectivity index (χ3n) is 12.0. The van der Waals surface area contributed by atoms with E-state index in [4.69, 9.17) is 18.9 Å². The molecule has 0 spiro atoms. The van der Waals surface area contributed by atoms with Crippen LogP contribution >= 0.6 is 0 Å². The maximum absolute atomic E-state index is 16.6. The van der Waals surface area contributed by atoms with Gasteiger partial charge in [0.05, 0.1) is 38.7 Å². The first-order valence-electron chi connectivity index (χ1n) is 21.6. The number of aryl methyl sites for hydroxylation is 2. The lowest BCUT2D eigenvalue weighted by Gasteiger charge is -2.46. The Balaban J connectivity index is 1.04. The fourth-order valence-electron chi connectivity index (χ4n) is 8.82. The van der Waals surface area contributed by atoms with Gasteiger partial charge in [0.2, 0.25) is 11.8 Å². The zero-order valence-electron chi connectivity index (χ0n) is 34.8. The molecule has 4 aliphatic heterocycles. The lowest BCUT2D eigenvalue weighted by molar-refractivity contribution is -0.362. The Morgan fingerprint density at radius 2 is 1.32 bits per heavy atom. The van der Waals surface area contributed by atoms with E-state index in [0.717, 1.165) is 25.7 Å². The van der Waals surface area contributed by atoms with Crippen LogP contribution in [0, 0.1) is 0 Å².